The molecule has 2 aliphatic carbocycles. The largest absolute Gasteiger partial charge is 0.360 e. The number of hydrogen-bond acceptors (Lipinski definition) is 6. The lowest BCUT2D eigenvalue weighted by Crippen LogP contribution is -2.50. The summed E-state index contributed by atoms with van der Waals surface area (Å²) in [5.41, 5.74) is 2.97. The van der Waals surface area contributed by atoms with Crippen LogP contribution in [0.2, 0.25) is 25.7 Å². The standard InChI is InChI=1S/C30H46N8O3Si/c1-20(2)38-26(11-12-31-38)29(39)34-28(27(22-7-8-22)23-9-10-23)30(40)33-24-16-32-36(17-24)18-25-15-21(3)35-37(25)19-41-13-14-42(4,5)6/h11-12,15-17,20,22-23,27-28H,7-10,13-14,18-19H2,1-6H3,(H,33,40)(H,34,39)/t28-/m0/s1. The van der Waals surface area contributed by atoms with Crippen LogP contribution in [0.3, 0.4) is 0 Å². The van der Waals surface area contributed by atoms with Gasteiger partial charge in [-0.05, 0) is 82.4 Å². The number of carbonyl (C=O) groups excluding carboxylic acids is 2. The molecular weight excluding hydrogens is 548 g/mol. The summed E-state index contributed by atoms with van der Waals surface area (Å²) in [6.07, 6.45) is 9.55. The van der Waals surface area contributed by atoms with Gasteiger partial charge >= 0.3 is 0 Å². The Morgan fingerprint density at radius 3 is 2.48 bits per heavy atom. The van der Waals surface area contributed by atoms with E-state index in [9.17, 15) is 9.59 Å². The summed E-state index contributed by atoms with van der Waals surface area (Å²) >= 11 is 0. The fourth-order valence-corrected chi connectivity index (χ4v) is 6.37. The SMILES string of the molecule is Cc1cc(Cn2cc(NC(=O)[C@@H](NC(=O)c3ccnn3C(C)C)C(C3CC3)C3CC3)cn2)n(COCC[Si](C)(C)C)n1. The van der Waals surface area contributed by atoms with Crippen molar-refractivity contribution in [3.05, 3.63) is 47.8 Å². The second-order valence-corrected chi connectivity index (χ2v) is 19.1. The molecule has 2 N–H and O–H groups in total. The molecule has 2 fully saturated rings. The molecule has 3 heterocycles. The smallest absolute Gasteiger partial charge is 0.270 e. The topological polar surface area (TPSA) is 121 Å². The summed E-state index contributed by atoms with van der Waals surface area (Å²) in [4.78, 5) is 27.2. The van der Waals surface area contributed by atoms with E-state index < -0.39 is 14.1 Å². The van der Waals surface area contributed by atoms with E-state index in [4.69, 9.17) is 4.74 Å². The number of rotatable bonds is 15. The van der Waals surface area contributed by atoms with E-state index in [1.165, 1.54) is 0 Å². The minimum absolute atomic E-state index is 0.0401. The van der Waals surface area contributed by atoms with Gasteiger partial charge < -0.3 is 15.4 Å². The molecule has 0 unspecified atom stereocenters. The molecular formula is C30H46N8O3Si. The molecule has 0 aromatic carbocycles. The second-order valence-electron chi connectivity index (χ2n) is 13.5. The first-order valence-electron chi connectivity index (χ1n) is 15.3. The lowest BCUT2D eigenvalue weighted by Gasteiger charge is -2.27. The van der Waals surface area contributed by atoms with Gasteiger partial charge in [0, 0.05) is 33.1 Å². The maximum Gasteiger partial charge on any atom is 0.270 e. The van der Waals surface area contributed by atoms with Crippen LogP contribution in [0.1, 0.15) is 67.4 Å². The molecule has 42 heavy (non-hydrogen) atoms. The number of nitrogens with zero attached hydrogens (tertiary/aromatic N) is 6. The molecule has 5 rings (SSSR count). The number of amides is 2. The first kappa shape index (κ1) is 30.2. The Kier molecular flexibility index (Phi) is 9.02. The highest BCUT2D eigenvalue weighted by atomic mass is 28.3. The Morgan fingerprint density at radius 2 is 1.83 bits per heavy atom. The van der Waals surface area contributed by atoms with Crippen LogP contribution in [0.5, 0.6) is 0 Å². The Bertz CT molecular complexity index is 1370. The number of anilines is 1. The third-order valence-corrected chi connectivity index (χ3v) is 9.80. The Labute approximate surface area is 249 Å². The number of aromatic nitrogens is 6. The molecule has 0 spiro atoms. The number of hydrogen-bond donors (Lipinski definition) is 2. The van der Waals surface area contributed by atoms with Crippen molar-refractivity contribution in [3.63, 3.8) is 0 Å². The van der Waals surface area contributed by atoms with Crippen LogP contribution < -0.4 is 10.6 Å². The maximum absolute atomic E-state index is 13.8. The average Bonchev–Trinajstić information content (AvgIpc) is 3.80. The molecule has 0 aliphatic heterocycles. The first-order valence-corrected chi connectivity index (χ1v) is 19.0. The summed E-state index contributed by atoms with van der Waals surface area (Å²) in [6.45, 7) is 14.6. The molecule has 0 radical (unpaired) electrons. The molecule has 2 aliphatic rings. The molecule has 3 aromatic heterocycles. The van der Waals surface area contributed by atoms with Crippen LogP contribution in [0.15, 0.2) is 30.7 Å². The zero-order chi connectivity index (χ0) is 30.0. The monoisotopic (exact) mass is 594 g/mol. The van der Waals surface area contributed by atoms with Gasteiger partial charge in [-0.3, -0.25) is 19.0 Å². The molecule has 228 valence electrons. The minimum atomic E-state index is -1.16. The van der Waals surface area contributed by atoms with Crippen molar-refractivity contribution in [2.75, 3.05) is 11.9 Å². The van der Waals surface area contributed by atoms with Gasteiger partial charge in [0.1, 0.15) is 18.5 Å². The van der Waals surface area contributed by atoms with Crippen LogP contribution in [0, 0.1) is 24.7 Å². The van der Waals surface area contributed by atoms with Crippen LogP contribution in [0.4, 0.5) is 5.69 Å². The predicted molar refractivity (Wildman–Crippen MR) is 164 cm³/mol. The predicted octanol–water partition coefficient (Wildman–Crippen LogP) is 4.70. The highest BCUT2D eigenvalue weighted by molar-refractivity contribution is 6.76. The quantitative estimate of drug-likeness (QED) is 0.194. The highest BCUT2D eigenvalue weighted by Gasteiger charge is 2.48. The molecule has 1 atom stereocenters. The fraction of sp³-hybridized carbons (Fsp3) is 0.633. The number of carbonyl (C=O) groups is 2. The summed E-state index contributed by atoms with van der Waals surface area (Å²) < 4.78 is 11.3. The molecule has 0 bridgehead atoms. The molecule has 3 aromatic rings. The normalized spacial score (nSPS) is 16.3. The van der Waals surface area contributed by atoms with Gasteiger partial charge in [0.25, 0.3) is 5.91 Å². The van der Waals surface area contributed by atoms with Gasteiger partial charge in [-0.1, -0.05) is 19.6 Å². The lowest BCUT2D eigenvalue weighted by atomic mass is 9.88. The van der Waals surface area contributed by atoms with Gasteiger partial charge in [-0.2, -0.15) is 15.3 Å². The van der Waals surface area contributed by atoms with Crippen molar-refractivity contribution in [3.8, 4) is 0 Å². The number of ether oxygens (including phenoxy) is 1. The number of aryl methyl sites for hydroxylation is 1. The average molecular weight is 595 g/mol. The number of nitrogens with one attached hydrogen (secondary N) is 2. The minimum Gasteiger partial charge on any atom is -0.360 e. The van der Waals surface area contributed by atoms with E-state index in [1.807, 2.05) is 37.7 Å². The van der Waals surface area contributed by atoms with Crippen molar-refractivity contribution in [1.29, 1.82) is 0 Å². The first-order chi connectivity index (χ1) is 20.0. The van der Waals surface area contributed by atoms with E-state index >= 15 is 0 Å². The molecule has 2 amide bonds. The van der Waals surface area contributed by atoms with Crippen molar-refractivity contribution in [2.24, 2.45) is 17.8 Å². The van der Waals surface area contributed by atoms with E-state index in [1.54, 1.807) is 27.8 Å². The summed E-state index contributed by atoms with van der Waals surface area (Å²) in [5, 5.41) is 19.6. The lowest BCUT2D eigenvalue weighted by molar-refractivity contribution is -0.119. The Hall–Kier alpha value is -3.25. The summed E-state index contributed by atoms with van der Waals surface area (Å²) in [5.74, 6) is 0.626. The van der Waals surface area contributed by atoms with Gasteiger partial charge in [0.05, 0.1) is 29.8 Å². The Morgan fingerprint density at radius 1 is 1.12 bits per heavy atom. The van der Waals surface area contributed by atoms with Gasteiger partial charge in [-0.15, -0.1) is 0 Å². The van der Waals surface area contributed by atoms with Crippen LogP contribution >= 0.6 is 0 Å². The van der Waals surface area contributed by atoms with Gasteiger partial charge in [0.15, 0.2) is 0 Å². The fourth-order valence-electron chi connectivity index (χ4n) is 5.62. The van der Waals surface area contributed by atoms with E-state index in [2.05, 4.69) is 45.6 Å². The highest BCUT2D eigenvalue weighted by Crippen LogP contribution is 2.51. The van der Waals surface area contributed by atoms with Crippen molar-refractivity contribution in [1.82, 2.24) is 34.7 Å². The zero-order valence-electron chi connectivity index (χ0n) is 25.8. The second kappa shape index (κ2) is 12.5. The van der Waals surface area contributed by atoms with E-state index in [0.29, 0.717) is 36.5 Å². The van der Waals surface area contributed by atoms with Crippen LogP contribution in [0.25, 0.3) is 0 Å². The molecule has 0 saturated heterocycles. The summed E-state index contributed by atoms with van der Waals surface area (Å²) in [7, 11) is -1.16. The van der Waals surface area contributed by atoms with Crippen molar-refractivity contribution in [2.45, 2.75) is 97.5 Å². The van der Waals surface area contributed by atoms with Gasteiger partial charge in [-0.25, -0.2) is 4.68 Å². The summed E-state index contributed by atoms with van der Waals surface area (Å²) in [6, 6.07) is 4.27. The van der Waals surface area contributed by atoms with E-state index in [-0.39, 0.29) is 23.8 Å². The molecule has 11 nitrogen and oxygen atoms in total. The third kappa shape index (κ3) is 7.77. The molecule has 12 heteroatoms. The van der Waals surface area contributed by atoms with Crippen LogP contribution in [-0.4, -0.2) is 61.9 Å². The van der Waals surface area contributed by atoms with Gasteiger partial charge in [0.2, 0.25) is 5.91 Å². The van der Waals surface area contributed by atoms with Crippen molar-refractivity contribution >= 4 is 25.6 Å². The third-order valence-electron chi connectivity index (χ3n) is 8.10. The zero-order valence-corrected chi connectivity index (χ0v) is 26.8. The Balaban J connectivity index is 1.25. The van der Waals surface area contributed by atoms with E-state index in [0.717, 1.165) is 49.7 Å². The van der Waals surface area contributed by atoms with Crippen LogP contribution in [-0.2, 0) is 22.8 Å². The van der Waals surface area contributed by atoms with Crippen molar-refractivity contribution < 1.29 is 14.3 Å². The molecule has 2 saturated carbocycles. The maximum atomic E-state index is 13.8.